The molecule has 5 nitrogen and oxygen atoms in total. The van der Waals surface area contributed by atoms with Crippen molar-refractivity contribution < 1.29 is 17.6 Å². The summed E-state index contributed by atoms with van der Waals surface area (Å²) in [6.07, 6.45) is 0.249. The monoisotopic (exact) mass is 397 g/mol. The Morgan fingerprint density at radius 3 is 2.57 bits per heavy atom. The second-order valence-corrected chi connectivity index (χ2v) is 7.62. The van der Waals surface area contributed by atoms with Gasteiger partial charge in [0.2, 0.25) is 0 Å². The van der Waals surface area contributed by atoms with Gasteiger partial charge in [0.05, 0.1) is 11.3 Å². The molecule has 0 spiro atoms. The Balaban J connectivity index is 1.62. The van der Waals surface area contributed by atoms with Gasteiger partial charge >= 0.3 is 6.18 Å². The summed E-state index contributed by atoms with van der Waals surface area (Å²) in [6, 6.07) is 1.31. The SMILES string of the molecule is CCCc1nc(-c2cnc(N)c(C(F)(F)F)c2)cn1[C@@H]1[C@@H]2CN(CCF)C[C@@H]21. The van der Waals surface area contributed by atoms with Crippen molar-refractivity contribution in [3.8, 4) is 11.3 Å². The van der Waals surface area contributed by atoms with Crippen LogP contribution in [-0.2, 0) is 12.6 Å². The van der Waals surface area contributed by atoms with Gasteiger partial charge in [0, 0.05) is 50.1 Å². The lowest BCUT2D eigenvalue weighted by molar-refractivity contribution is -0.137. The van der Waals surface area contributed by atoms with Crippen molar-refractivity contribution in [2.24, 2.45) is 11.8 Å². The van der Waals surface area contributed by atoms with Gasteiger partial charge in [-0.25, -0.2) is 14.4 Å². The number of aromatic nitrogens is 3. The number of fused-ring (bicyclic) bond motifs is 1. The van der Waals surface area contributed by atoms with E-state index >= 15 is 0 Å². The average molecular weight is 397 g/mol. The van der Waals surface area contributed by atoms with Crippen molar-refractivity contribution in [3.05, 3.63) is 29.8 Å². The van der Waals surface area contributed by atoms with E-state index in [1.165, 1.54) is 6.20 Å². The molecule has 0 amide bonds. The Morgan fingerprint density at radius 2 is 1.96 bits per heavy atom. The Morgan fingerprint density at radius 1 is 1.25 bits per heavy atom. The number of pyridine rings is 1. The number of anilines is 1. The first kappa shape index (κ1) is 19.2. The number of rotatable bonds is 6. The standard InChI is InChI=1S/C19H23F4N5/c1-2-3-16-26-15(11-6-14(19(21,22)23)18(24)25-7-11)10-28(16)17-12-8-27(5-4-20)9-13(12)17/h6-7,10,12-13,17H,2-5,8-9H2,1H3,(H2,24,25)/t12-,13+,17-. The summed E-state index contributed by atoms with van der Waals surface area (Å²) in [4.78, 5) is 10.5. The molecule has 28 heavy (non-hydrogen) atoms. The van der Waals surface area contributed by atoms with E-state index in [1.54, 1.807) is 0 Å². The lowest BCUT2D eigenvalue weighted by Gasteiger charge is -2.18. The van der Waals surface area contributed by atoms with E-state index in [9.17, 15) is 17.6 Å². The van der Waals surface area contributed by atoms with E-state index in [1.807, 2.05) is 13.1 Å². The van der Waals surface area contributed by atoms with Gasteiger partial charge in [-0.1, -0.05) is 6.92 Å². The van der Waals surface area contributed by atoms with Crippen molar-refractivity contribution >= 4 is 5.82 Å². The van der Waals surface area contributed by atoms with E-state index < -0.39 is 17.6 Å². The Bertz CT molecular complexity index is 850. The van der Waals surface area contributed by atoms with E-state index in [0.717, 1.165) is 37.8 Å². The van der Waals surface area contributed by atoms with Crippen LogP contribution in [0.15, 0.2) is 18.5 Å². The molecule has 2 fully saturated rings. The maximum Gasteiger partial charge on any atom is 0.419 e. The van der Waals surface area contributed by atoms with Crippen LogP contribution in [0.5, 0.6) is 0 Å². The molecule has 4 rings (SSSR count). The minimum absolute atomic E-state index is 0.294. The summed E-state index contributed by atoms with van der Waals surface area (Å²) in [5.74, 6) is 1.26. The van der Waals surface area contributed by atoms with Gasteiger partial charge in [0.25, 0.3) is 0 Å². The molecule has 2 aliphatic rings. The number of nitrogens with zero attached hydrogens (tertiary/aromatic N) is 4. The summed E-state index contributed by atoms with van der Waals surface area (Å²) in [7, 11) is 0. The first-order chi connectivity index (χ1) is 13.3. The van der Waals surface area contributed by atoms with E-state index in [4.69, 9.17) is 5.73 Å². The first-order valence-corrected chi connectivity index (χ1v) is 9.52. The van der Waals surface area contributed by atoms with Crippen LogP contribution in [0.4, 0.5) is 23.4 Å². The molecule has 0 radical (unpaired) electrons. The fraction of sp³-hybridized carbons (Fsp3) is 0.579. The van der Waals surface area contributed by atoms with Gasteiger partial charge < -0.3 is 15.2 Å². The maximum atomic E-state index is 13.2. The molecule has 2 aromatic heterocycles. The number of nitrogens with two attached hydrogens (primary N) is 1. The minimum atomic E-state index is -4.56. The third-order valence-corrected chi connectivity index (χ3v) is 5.75. The molecule has 0 unspecified atom stereocenters. The van der Waals surface area contributed by atoms with Crippen molar-refractivity contribution in [2.75, 3.05) is 32.0 Å². The van der Waals surface area contributed by atoms with E-state index in [0.29, 0.717) is 35.7 Å². The molecule has 3 atom stereocenters. The minimum Gasteiger partial charge on any atom is -0.383 e. The molecule has 9 heteroatoms. The highest BCUT2D eigenvalue weighted by molar-refractivity contribution is 5.62. The summed E-state index contributed by atoms with van der Waals surface area (Å²) >= 11 is 0. The smallest absolute Gasteiger partial charge is 0.383 e. The zero-order valence-corrected chi connectivity index (χ0v) is 15.6. The quantitative estimate of drug-likeness (QED) is 0.757. The normalized spacial score (nSPS) is 24.5. The molecule has 2 N–H and O–H groups in total. The highest BCUT2D eigenvalue weighted by Gasteiger charge is 2.57. The molecule has 1 aliphatic carbocycles. The molecule has 0 aromatic carbocycles. The average Bonchev–Trinajstić information content (AvgIpc) is 2.96. The van der Waals surface area contributed by atoms with E-state index in [2.05, 4.69) is 19.4 Å². The van der Waals surface area contributed by atoms with E-state index in [-0.39, 0.29) is 6.67 Å². The summed E-state index contributed by atoms with van der Waals surface area (Å²) < 4.78 is 54.2. The number of piperidine rings is 1. The largest absolute Gasteiger partial charge is 0.419 e. The summed E-state index contributed by atoms with van der Waals surface area (Å²) in [5.41, 5.74) is 5.25. The summed E-state index contributed by atoms with van der Waals surface area (Å²) in [6.45, 7) is 3.89. The van der Waals surface area contributed by atoms with Crippen LogP contribution in [0.2, 0.25) is 0 Å². The first-order valence-electron chi connectivity index (χ1n) is 9.52. The van der Waals surface area contributed by atoms with Crippen LogP contribution in [0.25, 0.3) is 11.3 Å². The molecule has 1 saturated carbocycles. The molecule has 1 aliphatic heterocycles. The van der Waals surface area contributed by atoms with Crippen molar-refractivity contribution in [1.29, 1.82) is 0 Å². The fourth-order valence-corrected chi connectivity index (χ4v) is 4.38. The van der Waals surface area contributed by atoms with Crippen LogP contribution in [0, 0.1) is 11.8 Å². The van der Waals surface area contributed by atoms with Gasteiger partial charge in [-0.3, -0.25) is 0 Å². The Labute approximate surface area is 160 Å². The number of hydrogen-bond acceptors (Lipinski definition) is 4. The molecule has 152 valence electrons. The van der Waals surface area contributed by atoms with Crippen LogP contribution in [0.3, 0.4) is 0 Å². The van der Waals surface area contributed by atoms with Gasteiger partial charge in [-0.15, -0.1) is 0 Å². The van der Waals surface area contributed by atoms with Gasteiger partial charge in [0.15, 0.2) is 0 Å². The van der Waals surface area contributed by atoms with Gasteiger partial charge in [0.1, 0.15) is 18.3 Å². The summed E-state index contributed by atoms with van der Waals surface area (Å²) in [5, 5.41) is 0. The number of imidazole rings is 1. The predicted molar refractivity (Wildman–Crippen MR) is 97.3 cm³/mol. The molecular formula is C19H23F4N5. The Kier molecular flexibility index (Phi) is 4.81. The number of nitrogen functional groups attached to an aromatic ring is 1. The second-order valence-electron chi connectivity index (χ2n) is 7.62. The van der Waals surface area contributed by atoms with Gasteiger partial charge in [-0.2, -0.15) is 13.2 Å². The lowest BCUT2D eigenvalue weighted by Crippen LogP contribution is -2.27. The molecule has 1 saturated heterocycles. The Hall–Kier alpha value is -2.16. The molecule has 0 bridgehead atoms. The van der Waals surface area contributed by atoms with Crippen LogP contribution >= 0.6 is 0 Å². The zero-order chi connectivity index (χ0) is 20.1. The second kappa shape index (κ2) is 7.02. The van der Waals surface area contributed by atoms with Crippen molar-refractivity contribution in [2.45, 2.75) is 32.0 Å². The van der Waals surface area contributed by atoms with Crippen molar-refractivity contribution in [1.82, 2.24) is 19.4 Å². The maximum absolute atomic E-state index is 13.2. The number of aryl methyl sites for hydroxylation is 1. The predicted octanol–water partition coefficient (Wildman–Crippen LogP) is 3.57. The van der Waals surface area contributed by atoms with Crippen LogP contribution < -0.4 is 5.73 Å². The number of hydrogen-bond donors (Lipinski definition) is 1. The number of likely N-dealkylation sites (tertiary alicyclic amines) is 1. The highest BCUT2D eigenvalue weighted by atomic mass is 19.4. The van der Waals surface area contributed by atoms with Crippen LogP contribution in [0.1, 0.15) is 30.8 Å². The molecule has 2 aromatic rings. The number of halogens is 4. The third kappa shape index (κ3) is 3.36. The fourth-order valence-electron chi connectivity index (χ4n) is 4.38. The topological polar surface area (TPSA) is 60.0 Å². The highest BCUT2D eigenvalue weighted by Crippen LogP contribution is 2.55. The third-order valence-electron chi connectivity index (χ3n) is 5.75. The zero-order valence-electron chi connectivity index (χ0n) is 15.6. The van der Waals surface area contributed by atoms with Crippen molar-refractivity contribution in [3.63, 3.8) is 0 Å². The number of alkyl halides is 4. The van der Waals surface area contributed by atoms with Crippen LogP contribution in [-0.4, -0.2) is 45.7 Å². The molecule has 3 heterocycles. The molecular weight excluding hydrogens is 374 g/mol. The van der Waals surface area contributed by atoms with Gasteiger partial charge in [-0.05, 0) is 24.3 Å². The lowest BCUT2D eigenvalue weighted by atomic mass is 10.1.